The number of rotatable bonds is 5. The average molecular weight is 225 g/mol. The maximum absolute atomic E-state index is 5.89. The van der Waals surface area contributed by atoms with E-state index in [2.05, 4.69) is 39.1 Å². The number of nitrogens with one attached hydrogen (secondary N) is 1. The number of likely N-dealkylation sites (N-methyl/N-ethyl adjacent to an activating group) is 1. The zero-order valence-electron chi connectivity index (χ0n) is 11.3. The number of hydrogen-bond donors (Lipinski definition) is 1. The summed E-state index contributed by atoms with van der Waals surface area (Å²) in [5.41, 5.74) is 1.51. The molecule has 94 valence electrons. The molecule has 0 heterocycles. The Morgan fingerprint density at radius 3 is 2.62 bits per heavy atom. The Kier molecular flexibility index (Phi) is 5.50. The summed E-state index contributed by atoms with van der Waals surface area (Å²) in [6, 6.07) is 0.421. The van der Waals surface area contributed by atoms with Gasteiger partial charge in [0.15, 0.2) is 0 Å². The van der Waals surface area contributed by atoms with Gasteiger partial charge < -0.3 is 10.1 Å². The Bertz CT molecular complexity index is 227. The Morgan fingerprint density at radius 2 is 2.12 bits per heavy atom. The van der Waals surface area contributed by atoms with Crippen molar-refractivity contribution in [3.05, 3.63) is 11.6 Å². The van der Waals surface area contributed by atoms with Crippen LogP contribution in [-0.2, 0) is 4.74 Å². The molecule has 0 saturated carbocycles. The molecule has 0 saturated heterocycles. The number of hydrogen-bond acceptors (Lipinski definition) is 2. The Labute approximate surface area is 100 Å². The van der Waals surface area contributed by atoms with Gasteiger partial charge in [-0.3, -0.25) is 0 Å². The van der Waals surface area contributed by atoms with Crippen molar-refractivity contribution in [1.82, 2.24) is 5.32 Å². The predicted molar refractivity (Wildman–Crippen MR) is 69.7 cm³/mol. The third-order valence-electron chi connectivity index (χ3n) is 2.91. The molecule has 0 amide bonds. The summed E-state index contributed by atoms with van der Waals surface area (Å²) in [6.07, 6.45) is 7.58. The monoisotopic (exact) mass is 225 g/mol. The van der Waals surface area contributed by atoms with Crippen molar-refractivity contribution in [2.24, 2.45) is 0 Å². The number of ether oxygens (including phenoxy) is 1. The Balaban J connectivity index is 2.49. The van der Waals surface area contributed by atoms with Crippen molar-refractivity contribution in [2.45, 2.75) is 65.0 Å². The second kappa shape index (κ2) is 6.41. The summed E-state index contributed by atoms with van der Waals surface area (Å²) in [5.74, 6) is 0. The minimum Gasteiger partial charge on any atom is -0.374 e. The molecule has 0 aromatic heterocycles. The summed E-state index contributed by atoms with van der Waals surface area (Å²) in [6.45, 7) is 10.3. The van der Waals surface area contributed by atoms with E-state index in [4.69, 9.17) is 4.74 Å². The summed E-state index contributed by atoms with van der Waals surface area (Å²) >= 11 is 0. The van der Waals surface area contributed by atoms with Gasteiger partial charge in [0.25, 0.3) is 0 Å². The lowest BCUT2D eigenvalue weighted by Crippen LogP contribution is -2.38. The molecule has 16 heavy (non-hydrogen) atoms. The normalized spacial score (nSPS) is 19.4. The minimum absolute atomic E-state index is 0.0388. The van der Waals surface area contributed by atoms with Gasteiger partial charge in [-0.05, 0) is 53.0 Å². The summed E-state index contributed by atoms with van der Waals surface area (Å²) < 4.78 is 5.89. The van der Waals surface area contributed by atoms with Crippen molar-refractivity contribution in [3.8, 4) is 0 Å². The average Bonchev–Trinajstić information content (AvgIpc) is 2.24. The van der Waals surface area contributed by atoms with Gasteiger partial charge in [0.2, 0.25) is 0 Å². The lowest BCUT2D eigenvalue weighted by atomic mass is 9.94. The summed E-state index contributed by atoms with van der Waals surface area (Å²) in [5, 5.41) is 3.53. The van der Waals surface area contributed by atoms with Crippen LogP contribution >= 0.6 is 0 Å². The van der Waals surface area contributed by atoms with Gasteiger partial charge in [-0.1, -0.05) is 18.6 Å². The van der Waals surface area contributed by atoms with Crippen LogP contribution < -0.4 is 5.32 Å². The molecule has 1 aliphatic carbocycles. The quantitative estimate of drug-likeness (QED) is 0.725. The standard InChI is InChI=1S/C14H27NO/c1-5-15-13(11-16-14(2,3)4)12-9-7-6-8-10-12/h9,13,15H,5-8,10-11H2,1-4H3. The van der Waals surface area contributed by atoms with Crippen molar-refractivity contribution >= 4 is 0 Å². The molecule has 0 radical (unpaired) electrons. The van der Waals surface area contributed by atoms with E-state index >= 15 is 0 Å². The van der Waals surface area contributed by atoms with E-state index in [0.29, 0.717) is 6.04 Å². The first-order valence-corrected chi connectivity index (χ1v) is 6.59. The molecule has 0 fully saturated rings. The Hall–Kier alpha value is -0.340. The first kappa shape index (κ1) is 13.7. The summed E-state index contributed by atoms with van der Waals surface area (Å²) in [4.78, 5) is 0. The van der Waals surface area contributed by atoms with E-state index in [1.165, 1.54) is 25.7 Å². The molecule has 2 heteroatoms. The highest BCUT2D eigenvalue weighted by atomic mass is 16.5. The van der Waals surface area contributed by atoms with Crippen molar-refractivity contribution in [2.75, 3.05) is 13.2 Å². The van der Waals surface area contributed by atoms with E-state index in [1.54, 1.807) is 5.57 Å². The van der Waals surface area contributed by atoms with Crippen LogP contribution in [0.15, 0.2) is 11.6 Å². The van der Waals surface area contributed by atoms with Crippen LogP contribution in [0, 0.1) is 0 Å². The van der Waals surface area contributed by atoms with Gasteiger partial charge in [-0.2, -0.15) is 0 Å². The fourth-order valence-corrected chi connectivity index (χ4v) is 2.06. The van der Waals surface area contributed by atoms with E-state index in [9.17, 15) is 0 Å². The molecule has 1 atom stereocenters. The molecule has 1 rings (SSSR count). The lowest BCUT2D eigenvalue weighted by Gasteiger charge is -2.28. The molecular formula is C14H27NO. The molecule has 1 aliphatic rings. The molecule has 1 N–H and O–H groups in total. The topological polar surface area (TPSA) is 21.3 Å². The van der Waals surface area contributed by atoms with Crippen LogP contribution in [0.25, 0.3) is 0 Å². The smallest absolute Gasteiger partial charge is 0.0665 e. The van der Waals surface area contributed by atoms with Crippen molar-refractivity contribution in [1.29, 1.82) is 0 Å². The second-order valence-electron chi connectivity index (χ2n) is 5.56. The number of allylic oxidation sites excluding steroid dienone is 1. The van der Waals surface area contributed by atoms with Gasteiger partial charge in [-0.25, -0.2) is 0 Å². The van der Waals surface area contributed by atoms with E-state index in [0.717, 1.165) is 13.2 Å². The zero-order valence-corrected chi connectivity index (χ0v) is 11.3. The van der Waals surface area contributed by atoms with E-state index in [-0.39, 0.29) is 5.60 Å². The molecule has 0 spiro atoms. The van der Waals surface area contributed by atoms with Crippen LogP contribution in [0.2, 0.25) is 0 Å². The van der Waals surface area contributed by atoms with Crippen LogP contribution in [0.5, 0.6) is 0 Å². The van der Waals surface area contributed by atoms with Gasteiger partial charge in [0, 0.05) is 0 Å². The maximum atomic E-state index is 5.89. The van der Waals surface area contributed by atoms with Crippen LogP contribution in [0.3, 0.4) is 0 Å². The lowest BCUT2D eigenvalue weighted by molar-refractivity contribution is -0.0104. The molecular weight excluding hydrogens is 198 g/mol. The summed E-state index contributed by atoms with van der Waals surface area (Å²) in [7, 11) is 0. The van der Waals surface area contributed by atoms with Crippen LogP contribution in [-0.4, -0.2) is 24.8 Å². The molecule has 0 aromatic carbocycles. The van der Waals surface area contributed by atoms with Crippen molar-refractivity contribution < 1.29 is 4.74 Å². The third kappa shape index (κ3) is 5.13. The van der Waals surface area contributed by atoms with E-state index in [1.807, 2.05) is 0 Å². The zero-order chi connectivity index (χ0) is 12.0. The highest BCUT2D eigenvalue weighted by Crippen LogP contribution is 2.21. The second-order valence-corrected chi connectivity index (χ2v) is 5.56. The molecule has 0 bridgehead atoms. The maximum Gasteiger partial charge on any atom is 0.0665 e. The molecule has 1 unspecified atom stereocenters. The highest BCUT2D eigenvalue weighted by Gasteiger charge is 2.18. The van der Waals surface area contributed by atoms with Gasteiger partial charge in [-0.15, -0.1) is 0 Å². The van der Waals surface area contributed by atoms with Gasteiger partial charge in [0.05, 0.1) is 18.2 Å². The molecule has 0 aromatic rings. The third-order valence-corrected chi connectivity index (χ3v) is 2.91. The van der Waals surface area contributed by atoms with Crippen molar-refractivity contribution in [3.63, 3.8) is 0 Å². The van der Waals surface area contributed by atoms with E-state index < -0.39 is 0 Å². The molecule has 2 nitrogen and oxygen atoms in total. The highest BCUT2D eigenvalue weighted by molar-refractivity contribution is 5.13. The first-order valence-electron chi connectivity index (χ1n) is 6.59. The SMILES string of the molecule is CCNC(COC(C)(C)C)C1=CCCCC1. The first-order chi connectivity index (χ1) is 7.53. The fraction of sp³-hybridized carbons (Fsp3) is 0.857. The van der Waals surface area contributed by atoms with Crippen LogP contribution in [0.4, 0.5) is 0 Å². The van der Waals surface area contributed by atoms with Gasteiger partial charge >= 0.3 is 0 Å². The molecule has 0 aliphatic heterocycles. The Morgan fingerprint density at radius 1 is 1.38 bits per heavy atom. The van der Waals surface area contributed by atoms with Gasteiger partial charge in [0.1, 0.15) is 0 Å². The minimum atomic E-state index is -0.0388. The van der Waals surface area contributed by atoms with Crippen LogP contribution in [0.1, 0.15) is 53.4 Å². The predicted octanol–water partition coefficient (Wildman–Crippen LogP) is 3.28. The fourth-order valence-electron chi connectivity index (χ4n) is 2.06. The largest absolute Gasteiger partial charge is 0.374 e.